The normalized spacial score (nSPS) is 11.1. The minimum Gasteiger partial charge on any atom is -0.482 e. The van der Waals surface area contributed by atoms with Gasteiger partial charge in [-0.2, -0.15) is 0 Å². The van der Waals surface area contributed by atoms with Crippen LogP contribution in [0.3, 0.4) is 0 Å². The Kier molecular flexibility index (Phi) is 7.05. The largest absolute Gasteiger partial charge is 0.482 e. The lowest BCUT2D eigenvalue weighted by Gasteiger charge is -2.20. The summed E-state index contributed by atoms with van der Waals surface area (Å²) in [6, 6.07) is 17.8. The molecule has 0 radical (unpaired) electrons. The highest BCUT2D eigenvalue weighted by molar-refractivity contribution is 5.68. The van der Waals surface area contributed by atoms with Gasteiger partial charge in [0.05, 0.1) is 0 Å². The third-order valence-corrected chi connectivity index (χ3v) is 3.64. The number of carboxylic acid groups (broad SMARTS) is 1. The quantitative estimate of drug-likeness (QED) is 0.764. The van der Waals surface area contributed by atoms with Crippen LogP contribution in [-0.4, -0.2) is 35.7 Å². The van der Waals surface area contributed by atoms with E-state index in [2.05, 4.69) is 36.1 Å². The average molecular weight is 325 g/mol. The second-order valence-electron chi connectivity index (χ2n) is 5.43. The van der Waals surface area contributed by atoms with Crippen LogP contribution in [0.15, 0.2) is 60.7 Å². The lowest BCUT2D eigenvalue weighted by atomic mass is 10.1. The summed E-state index contributed by atoms with van der Waals surface area (Å²) in [5.41, 5.74) is 2.17. The molecule has 1 N–H and O–H groups in total. The van der Waals surface area contributed by atoms with Gasteiger partial charge in [0.1, 0.15) is 5.75 Å². The minimum atomic E-state index is -0.969. The van der Waals surface area contributed by atoms with Crippen LogP contribution < -0.4 is 4.74 Å². The summed E-state index contributed by atoms with van der Waals surface area (Å²) in [6.07, 6.45) is 4.25. The van der Waals surface area contributed by atoms with Crippen LogP contribution in [0.1, 0.15) is 18.1 Å². The highest BCUT2D eigenvalue weighted by Gasteiger charge is 2.08. The molecule has 0 unspecified atom stereocenters. The first-order chi connectivity index (χ1) is 11.7. The Bertz CT molecular complexity index is 668. The fourth-order valence-corrected chi connectivity index (χ4v) is 2.36. The molecule has 0 fully saturated rings. The third-order valence-electron chi connectivity index (χ3n) is 3.64. The molecule has 0 saturated heterocycles. The number of para-hydroxylation sites is 1. The summed E-state index contributed by atoms with van der Waals surface area (Å²) in [5, 5.41) is 8.77. The number of ether oxygens (including phenoxy) is 1. The Morgan fingerprint density at radius 2 is 1.83 bits per heavy atom. The van der Waals surface area contributed by atoms with Crippen molar-refractivity contribution >= 4 is 12.0 Å². The first kappa shape index (κ1) is 17.8. The number of carboxylic acids is 1. The zero-order valence-electron chi connectivity index (χ0n) is 13.9. The van der Waals surface area contributed by atoms with Crippen LogP contribution >= 0.6 is 0 Å². The predicted molar refractivity (Wildman–Crippen MR) is 96.0 cm³/mol. The summed E-state index contributed by atoms with van der Waals surface area (Å²) >= 11 is 0. The van der Waals surface area contributed by atoms with E-state index in [0.29, 0.717) is 12.3 Å². The molecule has 24 heavy (non-hydrogen) atoms. The number of likely N-dealkylation sites (N-methyl/N-ethyl adjacent to an activating group) is 1. The predicted octanol–water partition coefficient (Wildman–Crippen LogP) is 3.69. The average Bonchev–Trinajstić information content (AvgIpc) is 2.61. The Balaban J connectivity index is 1.97. The molecular weight excluding hydrogens is 302 g/mol. The molecule has 0 saturated carbocycles. The molecule has 2 aromatic rings. The smallest absolute Gasteiger partial charge is 0.341 e. The third kappa shape index (κ3) is 5.89. The van der Waals surface area contributed by atoms with Crippen LogP contribution in [0.25, 0.3) is 6.08 Å². The van der Waals surface area contributed by atoms with E-state index in [1.807, 2.05) is 42.5 Å². The maximum absolute atomic E-state index is 10.7. The van der Waals surface area contributed by atoms with Crippen molar-refractivity contribution in [1.29, 1.82) is 0 Å². The van der Waals surface area contributed by atoms with Crippen LogP contribution in [0.2, 0.25) is 0 Å². The van der Waals surface area contributed by atoms with Crippen LogP contribution in [0.4, 0.5) is 0 Å². The monoisotopic (exact) mass is 325 g/mol. The number of hydrogen-bond donors (Lipinski definition) is 1. The number of aliphatic carboxylic acids is 1. The van der Waals surface area contributed by atoms with Gasteiger partial charge in [-0.25, -0.2) is 4.79 Å². The summed E-state index contributed by atoms with van der Waals surface area (Å²) in [5.74, 6) is -0.340. The van der Waals surface area contributed by atoms with Gasteiger partial charge in [0, 0.05) is 18.7 Å². The molecular formula is C20H23NO3. The van der Waals surface area contributed by atoms with E-state index < -0.39 is 5.97 Å². The van der Waals surface area contributed by atoms with Crippen molar-refractivity contribution in [1.82, 2.24) is 4.90 Å². The fourth-order valence-electron chi connectivity index (χ4n) is 2.36. The number of rotatable bonds is 9. The maximum Gasteiger partial charge on any atom is 0.341 e. The van der Waals surface area contributed by atoms with Crippen LogP contribution in [-0.2, 0) is 11.3 Å². The summed E-state index contributed by atoms with van der Waals surface area (Å²) in [6.45, 7) is 4.21. The Hall–Kier alpha value is -2.59. The van der Waals surface area contributed by atoms with Crippen molar-refractivity contribution < 1.29 is 14.6 Å². The van der Waals surface area contributed by atoms with Crippen molar-refractivity contribution in [3.8, 4) is 5.75 Å². The van der Waals surface area contributed by atoms with Gasteiger partial charge in [-0.15, -0.1) is 0 Å². The van der Waals surface area contributed by atoms with Crippen molar-refractivity contribution in [3.05, 3.63) is 71.8 Å². The minimum absolute atomic E-state index is 0.322. The van der Waals surface area contributed by atoms with Gasteiger partial charge in [0.25, 0.3) is 0 Å². The fraction of sp³-hybridized carbons (Fsp3) is 0.250. The molecule has 0 aliphatic rings. The van der Waals surface area contributed by atoms with Gasteiger partial charge in [-0.1, -0.05) is 67.6 Å². The van der Waals surface area contributed by atoms with Gasteiger partial charge >= 0.3 is 5.97 Å². The molecule has 0 aliphatic carbocycles. The highest BCUT2D eigenvalue weighted by Crippen LogP contribution is 2.20. The van der Waals surface area contributed by atoms with E-state index in [4.69, 9.17) is 9.84 Å². The summed E-state index contributed by atoms with van der Waals surface area (Å²) in [7, 11) is 0. The molecule has 4 nitrogen and oxygen atoms in total. The molecule has 2 rings (SSSR count). The van der Waals surface area contributed by atoms with E-state index >= 15 is 0 Å². The zero-order valence-corrected chi connectivity index (χ0v) is 13.9. The SMILES string of the molecule is CCN(CC=Cc1ccccc1)Cc1ccccc1OCC(=O)O. The van der Waals surface area contributed by atoms with Crippen LogP contribution in [0, 0.1) is 0 Å². The van der Waals surface area contributed by atoms with E-state index in [1.54, 1.807) is 0 Å². The Morgan fingerprint density at radius 3 is 2.54 bits per heavy atom. The molecule has 0 amide bonds. The van der Waals surface area contributed by atoms with E-state index in [9.17, 15) is 4.79 Å². The second kappa shape index (κ2) is 9.53. The number of nitrogens with zero attached hydrogens (tertiary/aromatic N) is 1. The molecule has 126 valence electrons. The van der Waals surface area contributed by atoms with E-state index in [1.165, 1.54) is 5.56 Å². The Morgan fingerprint density at radius 1 is 1.12 bits per heavy atom. The second-order valence-corrected chi connectivity index (χ2v) is 5.43. The molecule has 4 heteroatoms. The van der Waals surface area contributed by atoms with Crippen molar-refractivity contribution in [2.24, 2.45) is 0 Å². The van der Waals surface area contributed by atoms with Gasteiger partial charge in [-0.3, -0.25) is 4.90 Å². The molecule has 0 aromatic heterocycles. The topological polar surface area (TPSA) is 49.8 Å². The lowest BCUT2D eigenvalue weighted by molar-refractivity contribution is -0.139. The Labute approximate surface area is 143 Å². The summed E-state index contributed by atoms with van der Waals surface area (Å²) in [4.78, 5) is 13.0. The number of carbonyl (C=O) groups is 1. The number of benzene rings is 2. The maximum atomic E-state index is 10.7. The molecule has 0 bridgehead atoms. The van der Waals surface area contributed by atoms with Gasteiger partial charge in [0.15, 0.2) is 6.61 Å². The molecule has 0 spiro atoms. The molecule has 0 aliphatic heterocycles. The van der Waals surface area contributed by atoms with Gasteiger partial charge in [0.2, 0.25) is 0 Å². The van der Waals surface area contributed by atoms with Crippen molar-refractivity contribution in [3.63, 3.8) is 0 Å². The first-order valence-electron chi connectivity index (χ1n) is 8.05. The standard InChI is InChI=1S/C20H23NO3/c1-2-21(14-8-11-17-9-4-3-5-10-17)15-18-12-6-7-13-19(18)24-16-20(22)23/h3-13H,2,14-16H2,1H3,(H,22,23). The molecule has 2 aromatic carbocycles. The van der Waals surface area contributed by atoms with E-state index in [-0.39, 0.29) is 6.61 Å². The summed E-state index contributed by atoms with van der Waals surface area (Å²) < 4.78 is 5.37. The molecule has 0 atom stereocenters. The lowest BCUT2D eigenvalue weighted by Crippen LogP contribution is -2.23. The first-order valence-corrected chi connectivity index (χ1v) is 8.05. The van der Waals surface area contributed by atoms with E-state index in [0.717, 1.165) is 18.7 Å². The van der Waals surface area contributed by atoms with Crippen LogP contribution in [0.5, 0.6) is 5.75 Å². The molecule has 0 heterocycles. The van der Waals surface area contributed by atoms with Gasteiger partial charge in [-0.05, 0) is 18.2 Å². The van der Waals surface area contributed by atoms with Gasteiger partial charge < -0.3 is 9.84 Å². The zero-order chi connectivity index (χ0) is 17.2. The van der Waals surface area contributed by atoms with Crippen molar-refractivity contribution in [2.45, 2.75) is 13.5 Å². The number of hydrogen-bond acceptors (Lipinski definition) is 3. The highest BCUT2D eigenvalue weighted by atomic mass is 16.5. The van der Waals surface area contributed by atoms with Crippen molar-refractivity contribution in [2.75, 3.05) is 19.7 Å².